The molecule has 0 aliphatic carbocycles. The van der Waals surface area contributed by atoms with Crippen molar-refractivity contribution in [2.75, 3.05) is 26.7 Å². The Bertz CT molecular complexity index is 1540. The molecule has 0 bridgehead atoms. The molecule has 4 atom stereocenters. The zero-order chi connectivity index (χ0) is 31.9. The summed E-state index contributed by atoms with van der Waals surface area (Å²) in [4.78, 5) is 79.0. The van der Waals surface area contributed by atoms with Crippen LogP contribution in [0.4, 0.5) is 8.78 Å². The Balaban J connectivity index is 1.61. The number of nitrogens with one attached hydrogen (secondary N) is 1. The van der Waals surface area contributed by atoms with Crippen LogP contribution in [0.5, 0.6) is 0 Å². The van der Waals surface area contributed by atoms with Gasteiger partial charge >= 0.3 is 13.3 Å². The van der Waals surface area contributed by atoms with Gasteiger partial charge in [-0.3, -0.25) is 23.7 Å². The second-order valence-electron chi connectivity index (χ2n) is 10.9. The minimum Gasteiger partial charge on any atom is -0.340 e. The Morgan fingerprint density at radius 3 is 2.58 bits per heavy atom. The lowest BCUT2D eigenvalue weighted by molar-refractivity contribution is -0.148. The Labute approximate surface area is 250 Å². The summed E-state index contributed by atoms with van der Waals surface area (Å²) in [5.74, 6) is -1.85. The summed E-state index contributed by atoms with van der Waals surface area (Å²) in [5.41, 5.74) is -5.33. The fourth-order valence-corrected chi connectivity index (χ4v) is 6.95. The molecule has 0 saturated carbocycles. The van der Waals surface area contributed by atoms with Gasteiger partial charge in [-0.05, 0) is 42.8 Å². The third-order valence-corrected chi connectivity index (χ3v) is 9.92. The SMILES string of the molecule is [C-]#[N+]C(C)CN(C)C(=O)[C@@H]1CC[C@@H]2CCN(C(C)=O)C[C@H](NC(=O)c3cc4cc(C(F)(F)P(=O)(O)O)ccc4s3)C(=O)N21. The predicted octanol–water partition coefficient (Wildman–Crippen LogP) is 2.60. The lowest BCUT2D eigenvalue weighted by Crippen LogP contribution is -2.61. The van der Waals surface area contributed by atoms with Gasteiger partial charge < -0.3 is 34.6 Å². The highest BCUT2D eigenvalue weighted by atomic mass is 32.1. The Morgan fingerprint density at radius 1 is 1.26 bits per heavy atom. The van der Waals surface area contributed by atoms with E-state index in [4.69, 9.17) is 16.4 Å². The van der Waals surface area contributed by atoms with Gasteiger partial charge in [0.25, 0.3) is 5.91 Å². The van der Waals surface area contributed by atoms with Crippen LogP contribution >= 0.6 is 18.9 Å². The van der Waals surface area contributed by atoms with E-state index in [9.17, 15) is 32.5 Å². The lowest BCUT2D eigenvalue weighted by Gasteiger charge is -2.39. The van der Waals surface area contributed by atoms with Crippen LogP contribution in [0, 0.1) is 6.57 Å². The highest BCUT2D eigenvalue weighted by Crippen LogP contribution is 2.59. The molecule has 2 fully saturated rings. The third kappa shape index (κ3) is 6.57. The number of rotatable bonds is 7. The quantitative estimate of drug-likeness (QED) is 0.311. The average molecular weight is 640 g/mol. The molecule has 3 N–H and O–H groups in total. The van der Waals surface area contributed by atoms with Crippen LogP contribution in [0.15, 0.2) is 24.3 Å². The van der Waals surface area contributed by atoms with Gasteiger partial charge in [0.1, 0.15) is 12.1 Å². The minimum atomic E-state index is -5.79. The van der Waals surface area contributed by atoms with E-state index in [0.29, 0.717) is 30.5 Å². The molecule has 3 heterocycles. The standard InChI is InChI=1S/C27H32F2N5O7PS/c1-15(30-3)13-32(4)26(38)21-7-6-19-9-10-33(16(2)35)14-20(25(37)34(19)21)31-24(36)23-12-17-11-18(5-8-22(17)43-23)27(28,29)42(39,40)41/h5,8,11-12,15,19-21H,6-7,9-10,13-14H2,1-2,4H3,(H,31,36)(H2,39,40,41)/t15?,19-,20+,21+/m1/s1. The molecule has 2 aromatic rings. The van der Waals surface area contributed by atoms with Crippen LogP contribution in [-0.4, -0.2) is 99.0 Å². The van der Waals surface area contributed by atoms with Crippen molar-refractivity contribution in [1.29, 1.82) is 0 Å². The van der Waals surface area contributed by atoms with E-state index in [0.717, 1.165) is 23.5 Å². The fraction of sp³-hybridized carbons (Fsp3) is 0.519. The number of halogens is 2. The van der Waals surface area contributed by atoms with Crippen molar-refractivity contribution in [2.24, 2.45) is 0 Å². The molecule has 4 amide bonds. The summed E-state index contributed by atoms with van der Waals surface area (Å²) >= 11 is 0.934. The van der Waals surface area contributed by atoms with E-state index in [2.05, 4.69) is 10.2 Å². The van der Waals surface area contributed by atoms with Gasteiger partial charge in [-0.2, -0.15) is 8.78 Å². The summed E-state index contributed by atoms with van der Waals surface area (Å²) in [7, 11) is -4.22. The molecule has 43 heavy (non-hydrogen) atoms. The first kappa shape index (κ1) is 32.5. The van der Waals surface area contributed by atoms with E-state index in [1.165, 1.54) is 33.8 Å². The Morgan fingerprint density at radius 2 is 1.95 bits per heavy atom. The van der Waals surface area contributed by atoms with Gasteiger partial charge in [0.15, 0.2) is 0 Å². The summed E-state index contributed by atoms with van der Waals surface area (Å²) in [5, 5.41) is 2.81. The van der Waals surface area contributed by atoms with Gasteiger partial charge in [0.2, 0.25) is 23.8 Å². The number of hydrogen-bond donors (Lipinski definition) is 3. The number of benzene rings is 1. The number of hydrogen-bond acceptors (Lipinski definition) is 6. The molecular formula is C27H32F2N5O7PS. The first-order valence-electron chi connectivity index (χ1n) is 13.5. The highest BCUT2D eigenvalue weighted by molar-refractivity contribution is 7.52. The summed E-state index contributed by atoms with van der Waals surface area (Å²) in [6.07, 6.45) is 1.37. The smallest absolute Gasteiger partial charge is 0.340 e. The molecule has 1 aromatic carbocycles. The number of thiophene rings is 1. The van der Waals surface area contributed by atoms with Gasteiger partial charge in [-0.1, -0.05) is 6.07 Å². The van der Waals surface area contributed by atoms with Crippen molar-refractivity contribution in [3.8, 4) is 0 Å². The van der Waals surface area contributed by atoms with Crippen LogP contribution in [0.1, 0.15) is 48.3 Å². The molecule has 0 radical (unpaired) electrons. The minimum absolute atomic E-state index is 0.0503. The van der Waals surface area contributed by atoms with Crippen molar-refractivity contribution in [1.82, 2.24) is 20.0 Å². The maximum absolute atomic E-state index is 14.3. The maximum Gasteiger partial charge on any atom is 0.399 e. The van der Waals surface area contributed by atoms with Crippen molar-refractivity contribution >= 4 is 52.6 Å². The highest BCUT2D eigenvalue weighted by Gasteiger charge is 2.50. The molecule has 2 aliphatic rings. The number of nitrogens with zero attached hydrogens (tertiary/aromatic N) is 4. The van der Waals surface area contributed by atoms with E-state index < -0.39 is 48.8 Å². The summed E-state index contributed by atoms with van der Waals surface area (Å²) < 4.78 is 40.2. The zero-order valence-corrected chi connectivity index (χ0v) is 25.4. The number of likely N-dealkylation sites (N-methyl/N-ethyl adjacent to an activating group) is 1. The zero-order valence-electron chi connectivity index (χ0n) is 23.7. The number of amides is 4. The van der Waals surface area contributed by atoms with Gasteiger partial charge in [0.05, 0.1) is 11.4 Å². The first-order valence-corrected chi connectivity index (χ1v) is 16.0. The maximum atomic E-state index is 14.3. The van der Waals surface area contributed by atoms with Crippen LogP contribution in [0.3, 0.4) is 0 Å². The topological polar surface area (TPSA) is 152 Å². The van der Waals surface area contributed by atoms with Crippen molar-refractivity contribution in [3.63, 3.8) is 0 Å². The Hall–Kier alpha value is -3.44. The summed E-state index contributed by atoms with van der Waals surface area (Å²) in [6, 6.07) is 1.52. The van der Waals surface area contributed by atoms with Crippen LogP contribution in [0.2, 0.25) is 0 Å². The van der Waals surface area contributed by atoms with Gasteiger partial charge in [0, 0.05) is 50.3 Å². The molecular weight excluding hydrogens is 607 g/mol. The molecule has 4 rings (SSSR count). The average Bonchev–Trinajstić information content (AvgIpc) is 3.55. The monoisotopic (exact) mass is 639 g/mol. The largest absolute Gasteiger partial charge is 0.399 e. The molecule has 2 aliphatic heterocycles. The number of carbonyl (C=O) groups is 4. The molecule has 232 valence electrons. The van der Waals surface area contributed by atoms with E-state index in [1.54, 1.807) is 14.0 Å². The van der Waals surface area contributed by atoms with Gasteiger partial charge in [-0.25, -0.2) is 6.57 Å². The number of alkyl halides is 2. The second-order valence-corrected chi connectivity index (χ2v) is 13.7. The number of carbonyl (C=O) groups excluding carboxylic acids is 4. The fourth-order valence-electron chi connectivity index (χ4n) is 5.53. The predicted molar refractivity (Wildman–Crippen MR) is 153 cm³/mol. The second kappa shape index (κ2) is 12.3. The molecule has 12 nitrogen and oxygen atoms in total. The normalized spacial score (nSPS) is 21.9. The van der Waals surface area contributed by atoms with E-state index in [1.807, 2.05) is 0 Å². The van der Waals surface area contributed by atoms with Gasteiger partial charge in [-0.15, -0.1) is 11.3 Å². The molecule has 2 saturated heterocycles. The van der Waals surface area contributed by atoms with E-state index in [-0.39, 0.29) is 41.2 Å². The lowest BCUT2D eigenvalue weighted by atomic mass is 10.1. The van der Waals surface area contributed by atoms with Crippen LogP contribution in [-0.2, 0) is 24.6 Å². The molecule has 16 heteroatoms. The van der Waals surface area contributed by atoms with E-state index >= 15 is 0 Å². The van der Waals surface area contributed by atoms with Crippen molar-refractivity contribution in [3.05, 3.63) is 46.1 Å². The van der Waals surface area contributed by atoms with Crippen LogP contribution < -0.4 is 5.32 Å². The molecule has 1 unspecified atom stereocenters. The summed E-state index contributed by atoms with van der Waals surface area (Å²) in [6.45, 7) is 10.6. The van der Waals surface area contributed by atoms with Crippen molar-refractivity contribution in [2.45, 2.75) is 62.9 Å². The Kier molecular flexibility index (Phi) is 9.27. The molecule has 0 spiro atoms. The van der Waals surface area contributed by atoms with Crippen LogP contribution in [0.25, 0.3) is 14.9 Å². The first-order chi connectivity index (χ1) is 20.0. The van der Waals surface area contributed by atoms with Crippen molar-refractivity contribution < 1.29 is 42.3 Å². The molecule has 1 aromatic heterocycles. The number of fused-ring (bicyclic) bond motifs is 2. The third-order valence-electron chi connectivity index (χ3n) is 7.81.